The molecule has 0 fully saturated rings. The molecule has 0 spiro atoms. The van der Waals surface area contributed by atoms with Gasteiger partial charge in [0.05, 0.1) is 0 Å². The summed E-state index contributed by atoms with van der Waals surface area (Å²) >= 11 is 14.2. The summed E-state index contributed by atoms with van der Waals surface area (Å²) in [6, 6.07) is 24.5. The number of halogens is 2. The molecule has 35 heavy (non-hydrogen) atoms. The smallest absolute Gasteiger partial charge is 0.243 e. The SMILES string of the molecule is CCNC(=O)[C@@H](Cc1ccccc1)N(Cc1ccc(Cl)cc1Cl)C(=O)CCSCc1ccccc1. The Balaban J connectivity index is 1.80. The minimum atomic E-state index is -0.657. The summed E-state index contributed by atoms with van der Waals surface area (Å²) in [5.41, 5.74) is 2.96. The number of hydrogen-bond donors (Lipinski definition) is 1. The standard InChI is InChI=1S/C28H30Cl2N2O2S/c1-2-31-28(34)26(17-21-9-5-3-6-10-21)32(19-23-13-14-24(29)18-25(23)30)27(33)15-16-35-20-22-11-7-4-8-12-22/h3-14,18,26H,2,15-17,19-20H2,1H3,(H,31,34)/t26-/m1/s1. The van der Waals surface area contributed by atoms with Gasteiger partial charge in [0.2, 0.25) is 11.8 Å². The van der Waals surface area contributed by atoms with Crippen LogP contribution in [0.4, 0.5) is 0 Å². The molecule has 3 aromatic carbocycles. The van der Waals surface area contributed by atoms with Gasteiger partial charge in [0.15, 0.2) is 0 Å². The summed E-state index contributed by atoms with van der Waals surface area (Å²) in [6.45, 7) is 2.59. The van der Waals surface area contributed by atoms with Gasteiger partial charge in [-0.25, -0.2) is 0 Å². The molecule has 0 saturated carbocycles. The molecule has 184 valence electrons. The van der Waals surface area contributed by atoms with E-state index in [0.29, 0.717) is 35.2 Å². The zero-order chi connectivity index (χ0) is 25.0. The maximum atomic E-state index is 13.5. The fraction of sp³-hybridized carbons (Fsp3) is 0.286. The van der Waals surface area contributed by atoms with Crippen LogP contribution in [0.25, 0.3) is 0 Å². The number of carbonyl (C=O) groups is 2. The molecule has 2 amide bonds. The Morgan fingerprint density at radius 2 is 1.60 bits per heavy atom. The Labute approximate surface area is 222 Å². The fourth-order valence-corrected chi connectivity index (χ4v) is 5.11. The van der Waals surface area contributed by atoms with Crippen LogP contribution in [-0.4, -0.2) is 35.1 Å². The Bertz CT molecular complexity index is 1100. The van der Waals surface area contributed by atoms with Crippen molar-refractivity contribution < 1.29 is 9.59 Å². The lowest BCUT2D eigenvalue weighted by atomic mass is 10.0. The number of nitrogens with one attached hydrogen (secondary N) is 1. The van der Waals surface area contributed by atoms with Crippen LogP contribution in [0.2, 0.25) is 10.0 Å². The van der Waals surface area contributed by atoms with Gasteiger partial charge in [-0.3, -0.25) is 9.59 Å². The normalized spacial score (nSPS) is 11.6. The first-order valence-electron chi connectivity index (χ1n) is 11.6. The van der Waals surface area contributed by atoms with Crippen LogP contribution in [0.5, 0.6) is 0 Å². The monoisotopic (exact) mass is 528 g/mol. The van der Waals surface area contributed by atoms with E-state index in [1.807, 2.05) is 61.5 Å². The molecule has 3 rings (SSSR count). The number of amides is 2. The van der Waals surface area contributed by atoms with Gasteiger partial charge < -0.3 is 10.2 Å². The van der Waals surface area contributed by atoms with Gasteiger partial charge in [0.1, 0.15) is 6.04 Å². The van der Waals surface area contributed by atoms with E-state index in [1.165, 1.54) is 5.56 Å². The molecule has 7 heteroatoms. The van der Waals surface area contributed by atoms with Crippen LogP contribution in [-0.2, 0) is 28.3 Å². The van der Waals surface area contributed by atoms with Gasteiger partial charge >= 0.3 is 0 Å². The van der Waals surface area contributed by atoms with E-state index in [2.05, 4.69) is 17.4 Å². The largest absolute Gasteiger partial charge is 0.355 e. The van der Waals surface area contributed by atoms with Crippen molar-refractivity contribution in [1.82, 2.24) is 10.2 Å². The number of hydrogen-bond acceptors (Lipinski definition) is 3. The molecule has 0 bridgehead atoms. The Morgan fingerprint density at radius 1 is 0.943 bits per heavy atom. The molecule has 0 aliphatic rings. The molecule has 0 aliphatic carbocycles. The average Bonchev–Trinajstić information content (AvgIpc) is 2.86. The number of benzene rings is 3. The van der Waals surface area contributed by atoms with E-state index < -0.39 is 6.04 Å². The third-order valence-corrected chi connectivity index (χ3v) is 7.17. The second kappa shape index (κ2) is 14.2. The van der Waals surface area contributed by atoms with Crippen LogP contribution in [0, 0.1) is 0 Å². The molecule has 4 nitrogen and oxygen atoms in total. The maximum absolute atomic E-state index is 13.5. The van der Waals surface area contributed by atoms with Crippen LogP contribution >= 0.6 is 35.0 Å². The lowest BCUT2D eigenvalue weighted by Gasteiger charge is -2.32. The Hall–Kier alpha value is -2.47. The van der Waals surface area contributed by atoms with Crippen LogP contribution in [0.3, 0.4) is 0 Å². The van der Waals surface area contributed by atoms with E-state index in [4.69, 9.17) is 23.2 Å². The van der Waals surface area contributed by atoms with E-state index >= 15 is 0 Å². The lowest BCUT2D eigenvalue weighted by Crippen LogP contribution is -2.50. The highest BCUT2D eigenvalue weighted by atomic mass is 35.5. The predicted molar refractivity (Wildman–Crippen MR) is 147 cm³/mol. The van der Waals surface area contributed by atoms with E-state index in [0.717, 1.165) is 16.9 Å². The quantitative estimate of drug-likeness (QED) is 0.277. The molecule has 0 unspecified atom stereocenters. The van der Waals surface area contributed by atoms with Crippen molar-refractivity contribution in [3.63, 3.8) is 0 Å². The summed E-state index contributed by atoms with van der Waals surface area (Å²) < 4.78 is 0. The maximum Gasteiger partial charge on any atom is 0.243 e. The van der Waals surface area contributed by atoms with Gasteiger partial charge in [-0.2, -0.15) is 11.8 Å². The molecular formula is C28H30Cl2N2O2S. The molecular weight excluding hydrogens is 499 g/mol. The Morgan fingerprint density at radius 3 is 2.23 bits per heavy atom. The van der Waals surface area contributed by atoms with Gasteiger partial charge in [0, 0.05) is 47.5 Å². The highest BCUT2D eigenvalue weighted by Crippen LogP contribution is 2.25. The van der Waals surface area contributed by atoms with Gasteiger partial charge in [-0.15, -0.1) is 0 Å². The second-order valence-corrected chi connectivity index (χ2v) is 10.1. The summed E-state index contributed by atoms with van der Waals surface area (Å²) in [4.78, 5) is 28.4. The minimum absolute atomic E-state index is 0.0798. The summed E-state index contributed by atoms with van der Waals surface area (Å²) in [7, 11) is 0. The lowest BCUT2D eigenvalue weighted by molar-refractivity contribution is -0.140. The van der Waals surface area contributed by atoms with Crippen LogP contribution < -0.4 is 5.32 Å². The van der Waals surface area contributed by atoms with Crippen molar-refractivity contribution in [2.24, 2.45) is 0 Å². The molecule has 3 aromatic rings. The first-order valence-corrected chi connectivity index (χ1v) is 13.6. The van der Waals surface area contributed by atoms with Crippen molar-refractivity contribution in [1.29, 1.82) is 0 Å². The number of carbonyl (C=O) groups excluding carboxylic acids is 2. The van der Waals surface area contributed by atoms with Crippen molar-refractivity contribution in [2.75, 3.05) is 12.3 Å². The third-order valence-electron chi connectivity index (χ3n) is 5.55. The summed E-state index contributed by atoms with van der Waals surface area (Å²) in [6.07, 6.45) is 0.744. The van der Waals surface area contributed by atoms with Crippen molar-refractivity contribution >= 4 is 46.8 Å². The average molecular weight is 530 g/mol. The number of thioether (sulfide) groups is 1. The zero-order valence-corrected chi connectivity index (χ0v) is 22.1. The van der Waals surface area contributed by atoms with E-state index in [9.17, 15) is 9.59 Å². The van der Waals surface area contributed by atoms with Crippen molar-refractivity contribution in [3.8, 4) is 0 Å². The number of nitrogens with zero attached hydrogens (tertiary/aromatic N) is 1. The van der Waals surface area contributed by atoms with Gasteiger partial charge in [-0.05, 0) is 35.7 Å². The van der Waals surface area contributed by atoms with Crippen LogP contribution in [0.15, 0.2) is 78.9 Å². The Kier molecular flexibility index (Phi) is 11.0. The fourth-order valence-electron chi connectivity index (χ4n) is 3.75. The number of likely N-dealkylation sites (N-methyl/N-ethyl adjacent to an activating group) is 1. The highest BCUT2D eigenvalue weighted by Gasteiger charge is 2.30. The molecule has 0 aliphatic heterocycles. The summed E-state index contributed by atoms with van der Waals surface area (Å²) in [5, 5.41) is 3.91. The molecule has 0 heterocycles. The molecule has 0 aromatic heterocycles. The molecule has 1 atom stereocenters. The van der Waals surface area contributed by atoms with E-state index in [1.54, 1.807) is 28.8 Å². The zero-order valence-electron chi connectivity index (χ0n) is 19.8. The number of rotatable bonds is 12. The third kappa shape index (κ3) is 8.60. The van der Waals surface area contributed by atoms with E-state index in [-0.39, 0.29) is 18.4 Å². The van der Waals surface area contributed by atoms with Gasteiger partial charge in [-0.1, -0.05) is 89.9 Å². The second-order valence-electron chi connectivity index (χ2n) is 8.15. The highest BCUT2D eigenvalue weighted by molar-refractivity contribution is 7.98. The first kappa shape index (κ1) is 27.1. The topological polar surface area (TPSA) is 49.4 Å². The minimum Gasteiger partial charge on any atom is -0.355 e. The first-order chi connectivity index (χ1) is 17.0. The van der Waals surface area contributed by atoms with Gasteiger partial charge in [0.25, 0.3) is 0 Å². The van der Waals surface area contributed by atoms with Crippen LogP contribution in [0.1, 0.15) is 30.0 Å². The summed E-state index contributed by atoms with van der Waals surface area (Å²) in [5.74, 6) is 1.24. The predicted octanol–water partition coefficient (Wildman–Crippen LogP) is 6.39. The molecule has 1 N–H and O–H groups in total. The van der Waals surface area contributed by atoms with Crippen molar-refractivity contribution in [3.05, 3.63) is 106 Å². The molecule has 0 saturated heterocycles. The molecule has 0 radical (unpaired) electrons. The van der Waals surface area contributed by atoms with Crippen molar-refractivity contribution in [2.45, 2.75) is 38.1 Å².